The van der Waals surface area contributed by atoms with Crippen LogP contribution in [0.3, 0.4) is 0 Å². The summed E-state index contributed by atoms with van der Waals surface area (Å²) in [5.74, 6) is 4.57. The molecule has 0 bridgehead atoms. The van der Waals surface area contributed by atoms with E-state index >= 15 is 0 Å². The summed E-state index contributed by atoms with van der Waals surface area (Å²) in [7, 11) is 1.71. The summed E-state index contributed by atoms with van der Waals surface area (Å²) in [5, 5.41) is 20.5. The fraction of sp³-hybridized carbons (Fsp3) is 0.913. The molecule has 0 aliphatic heterocycles. The molecule has 0 aromatic carbocycles. The van der Waals surface area contributed by atoms with E-state index in [9.17, 15) is 10.2 Å². The number of fused-ring (bicyclic) bond motifs is 5. The van der Waals surface area contributed by atoms with E-state index in [1.54, 1.807) is 7.11 Å². The molecule has 0 aromatic heterocycles. The Balaban J connectivity index is 1.50. The minimum atomic E-state index is -0.580. The van der Waals surface area contributed by atoms with Crippen LogP contribution in [0.15, 0.2) is 12.2 Å². The second-order valence-corrected chi connectivity index (χ2v) is 10.3. The summed E-state index contributed by atoms with van der Waals surface area (Å²) in [6, 6.07) is 0. The first-order chi connectivity index (χ1) is 12.4. The van der Waals surface area contributed by atoms with Gasteiger partial charge >= 0.3 is 0 Å². The topological polar surface area (TPSA) is 49.7 Å². The van der Waals surface area contributed by atoms with Crippen LogP contribution in [0.5, 0.6) is 0 Å². The summed E-state index contributed by atoms with van der Waals surface area (Å²) in [6.07, 6.45) is 10.9. The van der Waals surface area contributed by atoms with Crippen molar-refractivity contribution in [2.45, 2.75) is 70.3 Å². The number of ether oxygens (including phenoxy) is 1. The Morgan fingerprint density at radius 1 is 1.04 bits per heavy atom. The van der Waals surface area contributed by atoms with Crippen molar-refractivity contribution in [1.82, 2.24) is 0 Å². The van der Waals surface area contributed by atoms with Gasteiger partial charge in [0.05, 0.1) is 18.8 Å². The first-order valence-corrected chi connectivity index (χ1v) is 10.9. The van der Waals surface area contributed by atoms with Gasteiger partial charge in [0.1, 0.15) is 0 Å². The van der Waals surface area contributed by atoms with Crippen LogP contribution in [0.1, 0.15) is 64.7 Å². The molecule has 8 atom stereocenters. The van der Waals surface area contributed by atoms with Crippen molar-refractivity contribution in [2.75, 3.05) is 20.3 Å². The van der Waals surface area contributed by atoms with E-state index < -0.39 is 5.60 Å². The van der Waals surface area contributed by atoms with Crippen LogP contribution in [-0.4, -0.2) is 36.1 Å². The number of aliphatic hydroxyl groups is 2. The van der Waals surface area contributed by atoms with Crippen molar-refractivity contribution in [3.63, 3.8) is 0 Å². The molecule has 0 amide bonds. The molecule has 4 aliphatic carbocycles. The van der Waals surface area contributed by atoms with E-state index in [0.717, 1.165) is 42.1 Å². The number of hydrogen-bond acceptors (Lipinski definition) is 3. The van der Waals surface area contributed by atoms with Gasteiger partial charge < -0.3 is 14.9 Å². The van der Waals surface area contributed by atoms with E-state index in [1.165, 1.54) is 44.9 Å². The van der Waals surface area contributed by atoms with Crippen LogP contribution >= 0.6 is 0 Å². The maximum absolute atomic E-state index is 10.9. The summed E-state index contributed by atoms with van der Waals surface area (Å²) >= 11 is 0. The average Bonchev–Trinajstić information content (AvgIpc) is 2.98. The van der Waals surface area contributed by atoms with Gasteiger partial charge in [-0.25, -0.2) is 0 Å². The minimum Gasteiger partial charge on any atom is -0.392 e. The highest BCUT2D eigenvalue weighted by Crippen LogP contribution is 2.65. The third kappa shape index (κ3) is 2.89. The molecule has 3 heteroatoms. The molecule has 0 saturated heterocycles. The van der Waals surface area contributed by atoms with Gasteiger partial charge in [0, 0.05) is 7.11 Å². The SMILES string of the molecule is C=C(CO)[C@H]1CC[C@H]2[C@@H]3CC[C@@H]4C[C@](O)(COC)CC[C@@H]4[C@H]3CC[C@]12C. The Kier molecular flexibility index (Phi) is 5.03. The van der Waals surface area contributed by atoms with E-state index in [0.29, 0.717) is 23.9 Å². The highest BCUT2D eigenvalue weighted by Gasteiger charge is 2.57. The smallest absolute Gasteiger partial charge is 0.0882 e. The lowest BCUT2D eigenvalue weighted by Crippen LogP contribution is -2.52. The van der Waals surface area contributed by atoms with Crippen LogP contribution in [0, 0.1) is 40.9 Å². The summed E-state index contributed by atoms with van der Waals surface area (Å²) in [5.41, 5.74) is 0.854. The predicted molar refractivity (Wildman–Crippen MR) is 104 cm³/mol. The van der Waals surface area contributed by atoms with E-state index in [2.05, 4.69) is 13.5 Å². The monoisotopic (exact) mass is 362 g/mol. The quantitative estimate of drug-likeness (QED) is 0.738. The summed E-state index contributed by atoms with van der Waals surface area (Å²) in [6.45, 7) is 7.35. The van der Waals surface area contributed by atoms with Crippen molar-refractivity contribution in [2.24, 2.45) is 40.9 Å². The van der Waals surface area contributed by atoms with Crippen molar-refractivity contribution >= 4 is 0 Å². The van der Waals surface area contributed by atoms with Gasteiger partial charge in [-0.1, -0.05) is 13.5 Å². The van der Waals surface area contributed by atoms with Crippen molar-refractivity contribution in [3.05, 3.63) is 12.2 Å². The fourth-order valence-electron chi connectivity index (χ4n) is 8.14. The van der Waals surface area contributed by atoms with Crippen molar-refractivity contribution < 1.29 is 14.9 Å². The first kappa shape index (κ1) is 19.0. The fourth-order valence-corrected chi connectivity index (χ4v) is 8.14. The van der Waals surface area contributed by atoms with Crippen LogP contribution in [0.4, 0.5) is 0 Å². The molecule has 148 valence electrons. The molecule has 0 heterocycles. The Bertz CT molecular complexity index is 546. The minimum absolute atomic E-state index is 0.157. The van der Waals surface area contributed by atoms with Gasteiger partial charge in [-0.2, -0.15) is 0 Å². The van der Waals surface area contributed by atoms with Crippen molar-refractivity contribution in [3.8, 4) is 0 Å². The van der Waals surface area contributed by atoms with Gasteiger partial charge in [-0.05, 0) is 104 Å². The largest absolute Gasteiger partial charge is 0.392 e. The molecule has 0 aromatic rings. The molecular formula is C23H38O3. The Hall–Kier alpha value is -0.380. The average molecular weight is 363 g/mol. The Morgan fingerprint density at radius 3 is 2.54 bits per heavy atom. The zero-order chi connectivity index (χ0) is 18.5. The molecule has 4 fully saturated rings. The van der Waals surface area contributed by atoms with Crippen LogP contribution in [0.2, 0.25) is 0 Å². The third-order valence-electron chi connectivity index (χ3n) is 9.21. The molecule has 4 aliphatic rings. The van der Waals surface area contributed by atoms with Crippen LogP contribution in [0.25, 0.3) is 0 Å². The number of methoxy groups -OCH3 is 1. The van der Waals surface area contributed by atoms with Gasteiger partial charge in [0.2, 0.25) is 0 Å². The lowest BCUT2D eigenvalue weighted by Gasteiger charge is -2.57. The highest BCUT2D eigenvalue weighted by atomic mass is 16.5. The van der Waals surface area contributed by atoms with Gasteiger partial charge in [0.15, 0.2) is 0 Å². The normalized spacial score (nSPS) is 50.6. The zero-order valence-electron chi connectivity index (χ0n) is 16.8. The van der Waals surface area contributed by atoms with E-state index in [-0.39, 0.29) is 6.61 Å². The molecule has 2 N–H and O–H groups in total. The predicted octanol–water partition coefficient (Wildman–Crippen LogP) is 4.18. The first-order valence-electron chi connectivity index (χ1n) is 10.9. The molecule has 0 spiro atoms. The molecule has 3 nitrogen and oxygen atoms in total. The maximum Gasteiger partial charge on any atom is 0.0882 e. The maximum atomic E-state index is 10.9. The second-order valence-electron chi connectivity index (χ2n) is 10.3. The molecule has 0 radical (unpaired) electrons. The lowest BCUT2D eigenvalue weighted by molar-refractivity contribution is -0.123. The molecule has 0 unspecified atom stereocenters. The number of hydrogen-bond donors (Lipinski definition) is 2. The van der Waals surface area contributed by atoms with Crippen molar-refractivity contribution in [1.29, 1.82) is 0 Å². The summed E-state index contributed by atoms with van der Waals surface area (Å²) in [4.78, 5) is 0. The Labute approximate surface area is 159 Å². The summed E-state index contributed by atoms with van der Waals surface area (Å²) < 4.78 is 5.31. The van der Waals surface area contributed by atoms with E-state index in [4.69, 9.17) is 4.74 Å². The van der Waals surface area contributed by atoms with Gasteiger partial charge in [-0.15, -0.1) is 0 Å². The Morgan fingerprint density at radius 2 is 1.81 bits per heavy atom. The highest BCUT2D eigenvalue weighted by molar-refractivity contribution is 5.15. The standard InChI is InChI=1S/C23H38O3/c1-15(13-24)20-6-7-21-19-5-4-16-12-23(25,14-26-3)11-9-17(16)18(19)8-10-22(20,21)2/h16-21,24-25H,1,4-14H2,2-3H3/t16-,17+,18-,19-,20-,21+,22-,23+/m1/s1. The van der Waals surface area contributed by atoms with Crippen LogP contribution in [-0.2, 0) is 4.74 Å². The number of aliphatic hydroxyl groups excluding tert-OH is 1. The van der Waals surface area contributed by atoms with E-state index in [1.807, 2.05) is 0 Å². The van der Waals surface area contributed by atoms with Gasteiger partial charge in [-0.3, -0.25) is 0 Å². The van der Waals surface area contributed by atoms with Crippen LogP contribution < -0.4 is 0 Å². The number of rotatable bonds is 4. The lowest BCUT2D eigenvalue weighted by atomic mass is 9.48. The molecule has 4 rings (SSSR count). The molecule has 26 heavy (non-hydrogen) atoms. The van der Waals surface area contributed by atoms with Gasteiger partial charge in [0.25, 0.3) is 0 Å². The zero-order valence-corrected chi connectivity index (χ0v) is 16.8. The molecular weight excluding hydrogens is 324 g/mol. The third-order valence-corrected chi connectivity index (χ3v) is 9.21. The second kappa shape index (κ2) is 6.90. The molecule has 4 saturated carbocycles.